The summed E-state index contributed by atoms with van der Waals surface area (Å²) >= 11 is 0. The predicted molar refractivity (Wildman–Crippen MR) is 81.8 cm³/mol. The maximum absolute atomic E-state index is 13.7. The molecule has 0 saturated heterocycles. The van der Waals surface area contributed by atoms with Gasteiger partial charge in [0.25, 0.3) is 5.91 Å². The van der Waals surface area contributed by atoms with Crippen LogP contribution in [-0.4, -0.2) is 91.5 Å². The molecule has 0 aliphatic rings. The van der Waals surface area contributed by atoms with Crippen LogP contribution >= 0.6 is 0 Å². The highest BCUT2D eigenvalue weighted by Crippen LogP contribution is 2.65. The molecule has 1 amide bonds. The first-order valence-corrected chi connectivity index (χ1v) is 8.86. The van der Waals surface area contributed by atoms with E-state index in [0.29, 0.717) is 0 Å². The van der Waals surface area contributed by atoms with Gasteiger partial charge in [-0.1, -0.05) is 0 Å². The van der Waals surface area contributed by atoms with Crippen molar-refractivity contribution in [1.82, 2.24) is 10.2 Å². The summed E-state index contributed by atoms with van der Waals surface area (Å²) in [4.78, 5) is 12.4. The van der Waals surface area contributed by atoms with Crippen LogP contribution in [0.3, 0.4) is 0 Å². The van der Waals surface area contributed by atoms with Crippen LogP contribution in [-0.2, 0) is 4.79 Å². The predicted octanol–water partition coefficient (Wildman–Crippen LogP) is 5.70. The molecule has 0 unspecified atom stereocenters. The number of amides is 1. The van der Waals surface area contributed by atoms with E-state index >= 15 is 0 Å². The Balaban J connectivity index is 6.59. The zero-order valence-corrected chi connectivity index (χ0v) is 17.7. The molecule has 0 spiro atoms. The molecule has 0 rings (SSSR count). The van der Waals surface area contributed by atoms with Crippen LogP contribution in [0.2, 0.25) is 0 Å². The van der Waals surface area contributed by atoms with Gasteiger partial charge in [0.2, 0.25) is 0 Å². The number of nitrogens with one attached hydrogen (secondary N) is 1. The third-order valence-electron chi connectivity index (χ3n) is 4.47. The molecule has 0 atom stereocenters. The van der Waals surface area contributed by atoms with E-state index in [1.54, 1.807) is 0 Å². The van der Waals surface area contributed by atoms with Gasteiger partial charge in [0.05, 0.1) is 0 Å². The van der Waals surface area contributed by atoms with Gasteiger partial charge in [-0.3, -0.25) is 4.79 Å². The van der Waals surface area contributed by atoms with Gasteiger partial charge in [0, 0.05) is 6.54 Å². The standard InChI is InChI=1S/C15H13F19N2O/c1-36(2)5-3-4-35-6(37)7(16,17)8(18,19)9(20,21)10(22,23)11(24,25)12(26,27)13(28,29)14(30,31)15(32,33)34/h3-5H2,1-2H3,(H,35,37). The number of hydrogen-bond donors (Lipinski definition) is 1. The lowest BCUT2D eigenvalue weighted by molar-refractivity contribution is -0.467. The molecule has 0 radical (unpaired) electrons. The van der Waals surface area contributed by atoms with Crippen LogP contribution in [0.1, 0.15) is 6.42 Å². The van der Waals surface area contributed by atoms with E-state index in [2.05, 4.69) is 0 Å². The summed E-state index contributed by atoms with van der Waals surface area (Å²) in [5.41, 5.74) is 0. The van der Waals surface area contributed by atoms with Crippen molar-refractivity contribution < 1.29 is 88.2 Å². The summed E-state index contributed by atoms with van der Waals surface area (Å²) in [6, 6.07) is 0. The Kier molecular flexibility index (Phi) is 9.19. The normalized spacial score (nSPS) is 15.8. The summed E-state index contributed by atoms with van der Waals surface area (Å²) in [5.74, 6) is -71.6. The molecule has 0 aliphatic carbocycles. The Morgan fingerprint density at radius 2 is 0.838 bits per heavy atom. The Labute approximate surface area is 192 Å². The molecule has 3 nitrogen and oxygen atoms in total. The molecular weight excluding hydrogens is 585 g/mol. The number of nitrogens with zero attached hydrogens (tertiary/aromatic N) is 1. The van der Waals surface area contributed by atoms with Gasteiger partial charge in [0.1, 0.15) is 0 Å². The maximum Gasteiger partial charge on any atom is 0.460 e. The molecule has 22 heteroatoms. The lowest BCUT2D eigenvalue weighted by Gasteiger charge is -2.43. The second kappa shape index (κ2) is 9.69. The average molecular weight is 598 g/mol. The number of halogens is 19. The fraction of sp³-hybridized carbons (Fsp3) is 0.933. The minimum absolute atomic E-state index is 0.117. The third-order valence-corrected chi connectivity index (χ3v) is 4.47. The average Bonchev–Trinajstić information content (AvgIpc) is 2.68. The van der Waals surface area contributed by atoms with Crippen LogP contribution in [0.15, 0.2) is 0 Å². The Bertz CT molecular complexity index is 817. The van der Waals surface area contributed by atoms with E-state index in [-0.39, 0.29) is 6.54 Å². The minimum Gasteiger partial charge on any atom is -0.351 e. The fourth-order valence-electron chi connectivity index (χ4n) is 2.21. The molecule has 0 bridgehead atoms. The van der Waals surface area contributed by atoms with E-state index in [4.69, 9.17) is 0 Å². The van der Waals surface area contributed by atoms with Crippen molar-refractivity contribution in [3.8, 4) is 0 Å². The highest BCUT2D eigenvalue weighted by molar-refractivity contribution is 5.84. The second-order valence-electron chi connectivity index (χ2n) is 7.51. The second-order valence-corrected chi connectivity index (χ2v) is 7.51. The van der Waals surface area contributed by atoms with Gasteiger partial charge in [0.15, 0.2) is 0 Å². The number of alkyl halides is 19. The van der Waals surface area contributed by atoms with E-state index in [1.807, 2.05) is 0 Å². The molecule has 0 aromatic heterocycles. The molecule has 0 fully saturated rings. The van der Waals surface area contributed by atoms with Gasteiger partial charge < -0.3 is 10.2 Å². The van der Waals surface area contributed by atoms with E-state index in [9.17, 15) is 88.2 Å². The van der Waals surface area contributed by atoms with Crippen molar-refractivity contribution >= 4 is 5.91 Å². The zero-order valence-electron chi connectivity index (χ0n) is 17.7. The lowest BCUT2D eigenvalue weighted by Crippen LogP contribution is -2.76. The SMILES string of the molecule is CN(C)CCCNC(=O)C(F)(F)C(F)(F)C(F)(F)C(F)(F)C(F)(F)C(F)(F)C(F)(F)C(F)(F)C(F)(F)F. The summed E-state index contributed by atoms with van der Waals surface area (Å²) in [6.07, 6.45) is -8.35. The Morgan fingerprint density at radius 3 is 1.14 bits per heavy atom. The summed E-state index contributed by atoms with van der Waals surface area (Å²) in [6.45, 7) is -1.20. The first kappa shape index (κ1) is 35.1. The highest BCUT2D eigenvalue weighted by atomic mass is 19.4. The quantitative estimate of drug-likeness (QED) is 0.231. The van der Waals surface area contributed by atoms with Crippen LogP contribution < -0.4 is 5.32 Å². The topological polar surface area (TPSA) is 32.3 Å². The van der Waals surface area contributed by atoms with Crippen molar-refractivity contribution in [3.63, 3.8) is 0 Å². The smallest absolute Gasteiger partial charge is 0.351 e. The summed E-state index contributed by atoms with van der Waals surface area (Å²) < 4.78 is 250. The van der Waals surface area contributed by atoms with Crippen molar-refractivity contribution in [2.75, 3.05) is 27.2 Å². The lowest BCUT2D eigenvalue weighted by atomic mass is 9.87. The maximum atomic E-state index is 13.7. The van der Waals surface area contributed by atoms with E-state index < -0.39 is 72.4 Å². The van der Waals surface area contributed by atoms with Gasteiger partial charge in [-0.05, 0) is 27.1 Å². The molecule has 0 aromatic rings. The first-order valence-electron chi connectivity index (χ1n) is 8.86. The van der Waals surface area contributed by atoms with Crippen LogP contribution in [0.5, 0.6) is 0 Å². The Hall–Kier alpha value is -1.90. The molecular formula is C15H13F19N2O. The van der Waals surface area contributed by atoms with Gasteiger partial charge in [-0.2, -0.15) is 83.4 Å². The summed E-state index contributed by atoms with van der Waals surface area (Å²) in [5, 5.41) is 0.784. The van der Waals surface area contributed by atoms with Crippen molar-refractivity contribution in [1.29, 1.82) is 0 Å². The Morgan fingerprint density at radius 1 is 0.541 bits per heavy atom. The van der Waals surface area contributed by atoms with E-state index in [0.717, 1.165) is 5.32 Å². The van der Waals surface area contributed by atoms with Crippen LogP contribution in [0, 0.1) is 0 Å². The number of hydrogen-bond acceptors (Lipinski definition) is 2. The number of carbonyl (C=O) groups is 1. The van der Waals surface area contributed by atoms with Gasteiger partial charge >= 0.3 is 53.6 Å². The first-order chi connectivity index (χ1) is 15.8. The van der Waals surface area contributed by atoms with E-state index in [1.165, 1.54) is 19.0 Å². The molecule has 0 saturated carbocycles. The minimum atomic E-state index is -9.01. The van der Waals surface area contributed by atoms with Gasteiger partial charge in [-0.15, -0.1) is 0 Å². The van der Waals surface area contributed by atoms with Crippen LogP contribution in [0.25, 0.3) is 0 Å². The largest absolute Gasteiger partial charge is 0.460 e. The van der Waals surface area contributed by atoms with Crippen LogP contribution in [0.4, 0.5) is 83.4 Å². The molecule has 37 heavy (non-hydrogen) atoms. The number of rotatable bonds is 12. The molecule has 222 valence electrons. The molecule has 0 aromatic carbocycles. The molecule has 1 N–H and O–H groups in total. The van der Waals surface area contributed by atoms with Crippen molar-refractivity contribution in [2.24, 2.45) is 0 Å². The molecule has 0 heterocycles. The van der Waals surface area contributed by atoms with Crippen molar-refractivity contribution in [3.05, 3.63) is 0 Å². The fourth-order valence-corrected chi connectivity index (χ4v) is 2.21. The summed E-state index contributed by atoms with van der Waals surface area (Å²) in [7, 11) is 2.66. The third kappa shape index (κ3) is 5.09. The zero-order chi connectivity index (χ0) is 30.5. The highest BCUT2D eigenvalue weighted by Gasteiger charge is 2.97. The van der Waals surface area contributed by atoms with Crippen molar-refractivity contribution in [2.45, 2.75) is 60.0 Å². The monoisotopic (exact) mass is 598 g/mol. The number of carbonyl (C=O) groups excluding carboxylic acids is 1. The molecule has 0 aliphatic heterocycles. The van der Waals surface area contributed by atoms with Gasteiger partial charge in [-0.25, -0.2) is 0 Å².